The summed E-state index contributed by atoms with van der Waals surface area (Å²) in [5, 5.41) is 3.63. The molecule has 3 N–H and O–H groups in total. The molecule has 0 atom stereocenters. The van der Waals surface area contributed by atoms with Gasteiger partial charge in [0, 0.05) is 11.8 Å². The van der Waals surface area contributed by atoms with E-state index in [0.29, 0.717) is 16.9 Å². The van der Waals surface area contributed by atoms with Gasteiger partial charge in [0.15, 0.2) is 0 Å². The van der Waals surface area contributed by atoms with Crippen molar-refractivity contribution < 1.29 is 12.9 Å². The van der Waals surface area contributed by atoms with Crippen LogP contribution >= 0.6 is 0 Å². The van der Waals surface area contributed by atoms with Gasteiger partial charge < -0.3 is 10.3 Å². The lowest BCUT2D eigenvalue weighted by Crippen LogP contribution is -2.24. The molecule has 0 aliphatic rings. The van der Waals surface area contributed by atoms with Crippen LogP contribution in [0.5, 0.6) is 0 Å². The first-order chi connectivity index (χ1) is 8.50. The van der Waals surface area contributed by atoms with Crippen LogP contribution in [0.1, 0.15) is 11.3 Å². The van der Waals surface area contributed by atoms with Gasteiger partial charge in [-0.15, -0.1) is 0 Å². The van der Waals surface area contributed by atoms with Crippen LogP contribution in [0.15, 0.2) is 39.9 Å². The summed E-state index contributed by atoms with van der Waals surface area (Å²) in [5.74, 6) is 0. The maximum atomic E-state index is 12.1. The Balaban J connectivity index is 2.23. The molecule has 2 rings (SSSR count). The van der Waals surface area contributed by atoms with Crippen molar-refractivity contribution >= 4 is 15.7 Å². The molecule has 0 amide bonds. The minimum atomic E-state index is -3.60. The highest BCUT2D eigenvalue weighted by molar-refractivity contribution is 7.89. The van der Waals surface area contributed by atoms with Gasteiger partial charge in [-0.2, -0.15) is 0 Å². The number of aromatic nitrogens is 1. The maximum Gasteiger partial charge on any atom is 0.241 e. The van der Waals surface area contributed by atoms with E-state index < -0.39 is 10.0 Å². The van der Waals surface area contributed by atoms with E-state index in [4.69, 9.17) is 5.73 Å². The molecule has 0 radical (unpaired) electrons. The predicted molar refractivity (Wildman–Crippen MR) is 66.1 cm³/mol. The quantitative estimate of drug-likeness (QED) is 0.807. The number of nitrogens with zero attached hydrogens (tertiary/aromatic N) is 1. The summed E-state index contributed by atoms with van der Waals surface area (Å²) in [5.41, 5.74) is 7.18. The molecule has 7 heteroatoms. The van der Waals surface area contributed by atoms with Crippen molar-refractivity contribution in [3.8, 4) is 0 Å². The summed E-state index contributed by atoms with van der Waals surface area (Å²) in [7, 11) is -3.60. The molecule has 0 saturated carbocycles. The number of sulfonamides is 1. The van der Waals surface area contributed by atoms with Crippen LogP contribution in [-0.4, -0.2) is 13.6 Å². The molecule has 0 spiro atoms. The third kappa shape index (κ3) is 2.52. The largest absolute Gasteiger partial charge is 0.398 e. The van der Waals surface area contributed by atoms with Gasteiger partial charge in [0.2, 0.25) is 10.0 Å². The number of benzene rings is 1. The molecule has 0 unspecified atom stereocenters. The Morgan fingerprint density at radius 1 is 1.39 bits per heavy atom. The molecule has 0 saturated heterocycles. The van der Waals surface area contributed by atoms with Crippen LogP contribution in [0.2, 0.25) is 0 Å². The second-order valence-electron chi connectivity index (χ2n) is 3.79. The van der Waals surface area contributed by atoms with Crippen molar-refractivity contribution in [3.63, 3.8) is 0 Å². The fourth-order valence-corrected chi connectivity index (χ4v) is 2.77. The fraction of sp³-hybridized carbons (Fsp3) is 0.182. The molecule has 2 aromatic rings. The topological polar surface area (TPSA) is 98.2 Å². The molecule has 96 valence electrons. The van der Waals surface area contributed by atoms with Gasteiger partial charge in [0.25, 0.3) is 0 Å². The first-order valence-electron chi connectivity index (χ1n) is 5.25. The third-order valence-electron chi connectivity index (χ3n) is 2.55. The standard InChI is InChI=1S/C11H13N3O3S/c1-8-10(12)3-2-4-11(8)18(15,16)13-7-9-5-6-17-14-9/h2-6,13H,7,12H2,1H3. The van der Waals surface area contributed by atoms with E-state index in [1.54, 1.807) is 25.1 Å². The summed E-state index contributed by atoms with van der Waals surface area (Å²) in [6.07, 6.45) is 1.38. The lowest BCUT2D eigenvalue weighted by molar-refractivity contribution is 0.411. The van der Waals surface area contributed by atoms with Crippen molar-refractivity contribution in [2.24, 2.45) is 0 Å². The zero-order valence-electron chi connectivity index (χ0n) is 9.75. The average Bonchev–Trinajstić information content (AvgIpc) is 2.83. The number of hydrogen-bond donors (Lipinski definition) is 2. The third-order valence-corrected chi connectivity index (χ3v) is 4.10. The highest BCUT2D eigenvalue weighted by Crippen LogP contribution is 2.20. The Hall–Kier alpha value is -1.86. The Bertz CT molecular complexity index is 636. The molecule has 1 aromatic carbocycles. The zero-order chi connectivity index (χ0) is 13.2. The number of rotatable bonds is 4. The Morgan fingerprint density at radius 2 is 2.17 bits per heavy atom. The number of hydrogen-bond acceptors (Lipinski definition) is 5. The van der Waals surface area contributed by atoms with Crippen molar-refractivity contribution in [1.82, 2.24) is 9.88 Å². The van der Waals surface area contributed by atoms with E-state index in [2.05, 4.69) is 14.4 Å². The van der Waals surface area contributed by atoms with Crippen molar-refractivity contribution in [2.45, 2.75) is 18.4 Å². The van der Waals surface area contributed by atoms with Gasteiger partial charge in [-0.25, -0.2) is 13.1 Å². The summed E-state index contributed by atoms with van der Waals surface area (Å²) in [4.78, 5) is 0.172. The van der Waals surface area contributed by atoms with Crippen LogP contribution in [0.3, 0.4) is 0 Å². The van der Waals surface area contributed by atoms with Crippen molar-refractivity contribution in [1.29, 1.82) is 0 Å². The summed E-state index contributed by atoms with van der Waals surface area (Å²) < 4.78 is 31.2. The van der Waals surface area contributed by atoms with Gasteiger partial charge in [-0.1, -0.05) is 11.2 Å². The van der Waals surface area contributed by atoms with Crippen LogP contribution in [-0.2, 0) is 16.6 Å². The molecule has 0 fully saturated rings. The normalized spacial score (nSPS) is 11.6. The smallest absolute Gasteiger partial charge is 0.241 e. The Labute approximate surface area is 105 Å². The van der Waals surface area contributed by atoms with Gasteiger partial charge in [0.05, 0.1) is 17.1 Å². The van der Waals surface area contributed by atoms with Crippen LogP contribution in [0.25, 0.3) is 0 Å². The van der Waals surface area contributed by atoms with E-state index >= 15 is 0 Å². The first-order valence-corrected chi connectivity index (χ1v) is 6.73. The molecule has 0 bridgehead atoms. The Kier molecular flexibility index (Phi) is 3.35. The molecule has 1 heterocycles. The van der Waals surface area contributed by atoms with Gasteiger partial charge >= 0.3 is 0 Å². The first kappa shape index (κ1) is 12.6. The monoisotopic (exact) mass is 267 g/mol. The SMILES string of the molecule is Cc1c(N)cccc1S(=O)(=O)NCc1ccon1. The summed E-state index contributed by atoms with van der Waals surface area (Å²) in [6, 6.07) is 6.37. The molecule has 1 aromatic heterocycles. The Morgan fingerprint density at radius 3 is 2.83 bits per heavy atom. The zero-order valence-corrected chi connectivity index (χ0v) is 10.6. The van der Waals surface area contributed by atoms with Crippen LogP contribution in [0.4, 0.5) is 5.69 Å². The highest BCUT2D eigenvalue weighted by Gasteiger charge is 2.17. The van der Waals surface area contributed by atoms with Gasteiger partial charge in [-0.05, 0) is 24.6 Å². The minimum absolute atomic E-state index is 0.0765. The van der Waals surface area contributed by atoms with E-state index in [1.807, 2.05) is 0 Å². The fourth-order valence-electron chi connectivity index (χ4n) is 1.50. The van der Waals surface area contributed by atoms with Gasteiger partial charge in [-0.3, -0.25) is 0 Å². The van der Waals surface area contributed by atoms with Crippen LogP contribution < -0.4 is 10.5 Å². The van der Waals surface area contributed by atoms with Crippen molar-refractivity contribution in [3.05, 3.63) is 41.8 Å². The number of nitrogens with two attached hydrogens (primary N) is 1. The molecular formula is C11H13N3O3S. The van der Waals surface area contributed by atoms with E-state index in [0.717, 1.165) is 0 Å². The summed E-state index contributed by atoms with van der Waals surface area (Å²) in [6.45, 7) is 1.74. The number of anilines is 1. The molecule has 6 nitrogen and oxygen atoms in total. The predicted octanol–water partition coefficient (Wildman–Crippen LogP) is 1.04. The lowest BCUT2D eigenvalue weighted by atomic mass is 10.2. The van der Waals surface area contributed by atoms with Gasteiger partial charge in [0.1, 0.15) is 6.26 Å². The number of nitrogens with one attached hydrogen (secondary N) is 1. The second-order valence-corrected chi connectivity index (χ2v) is 5.52. The molecule has 18 heavy (non-hydrogen) atoms. The molecular weight excluding hydrogens is 254 g/mol. The average molecular weight is 267 g/mol. The highest BCUT2D eigenvalue weighted by atomic mass is 32.2. The van der Waals surface area contributed by atoms with Crippen LogP contribution in [0, 0.1) is 6.92 Å². The van der Waals surface area contributed by atoms with E-state index in [9.17, 15) is 8.42 Å². The maximum absolute atomic E-state index is 12.1. The van der Waals surface area contributed by atoms with E-state index in [1.165, 1.54) is 12.3 Å². The molecule has 0 aliphatic carbocycles. The second kappa shape index (κ2) is 4.79. The van der Waals surface area contributed by atoms with E-state index in [-0.39, 0.29) is 11.4 Å². The summed E-state index contributed by atoms with van der Waals surface area (Å²) >= 11 is 0. The lowest BCUT2D eigenvalue weighted by Gasteiger charge is -2.09. The number of nitrogen functional groups attached to an aromatic ring is 1. The molecule has 0 aliphatic heterocycles. The van der Waals surface area contributed by atoms with Crippen molar-refractivity contribution in [2.75, 3.05) is 5.73 Å². The minimum Gasteiger partial charge on any atom is -0.398 e.